The summed E-state index contributed by atoms with van der Waals surface area (Å²) >= 11 is 1.82. The fourth-order valence-corrected chi connectivity index (χ4v) is 9.99. The lowest BCUT2D eigenvalue weighted by Gasteiger charge is -2.15. The molecule has 0 saturated heterocycles. The quantitative estimate of drug-likeness (QED) is 0.167. The topological polar surface area (TPSA) is 65.0 Å². The molecule has 0 radical (unpaired) electrons. The van der Waals surface area contributed by atoms with E-state index in [1.165, 1.54) is 20.2 Å². The zero-order valence-electron chi connectivity index (χ0n) is 31.3. The van der Waals surface area contributed by atoms with Gasteiger partial charge in [-0.1, -0.05) is 115 Å². The van der Waals surface area contributed by atoms with Crippen molar-refractivity contribution in [3.8, 4) is 45.0 Å². The standard InChI is InChI=1S/C53H29N3O2S/c1-2-11-30(12-3-1)53-55-49(32-21-25-46-41(28-32)34-14-5-7-18-44(34)57-46)39-24-23-36-40(38-17-10-16-37-33-13-4-8-19-45(33)58-52(37)38)29-43(54-50(36)51(39)56-53)31-22-26-48-42(27-31)35-15-6-9-20-47(35)59-48/h1-29H. The molecule has 8 aromatic carbocycles. The molecule has 274 valence electrons. The molecule has 0 saturated carbocycles. The fraction of sp³-hybridized carbons (Fsp3) is 0. The molecule has 0 aliphatic rings. The molecule has 5 nitrogen and oxygen atoms in total. The van der Waals surface area contributed by atoms with E-state index in [1.807, 2.05) is 53.8 Å². The minimum Gasteiger partial charge on any atom is -0.456 e. The summed E-state index contributed by atoms with van der Waals surface area (Å²) in [7, 11) is 0. The van der Waals surface area contributed by atoms with Crippen molar-refractivity contribution in [2.24, 2.45) is 0 Å². The number of nitrogens with zero attached hydrogens (tertiary/aromatic N) is 3. The molecular weight excluding hydrogens is 743 g/mol. The van der Waals surface area contributed by atoms with Crippen molar-refractivity contribution < 1.29 is 8.83 Å². The predicted octanol–water partition coefficient (Wildman–Crippen LogP) is 15.0. The first-order valence-corrected chi connectivity index (χ1v) is 20.5. The Labute approximate surface area is 340 Å². The third kappa shape index (κ3) is 4.94. The number of hydrogen-bond acceptors (Lipinski definition) is 6. The third-order valence-corrected chi connectivity index (χ3v) is 12.8. The van der Waals surface area contributed by atoms with Gasteiger partial charge in [-0.3, -0.25) is 0 Å². The molecule has 5 aromatic heterocycles. The van der Waals surface area contributed by atoms with Crippen LogP contribution >= 0.6 is 11.3 Å². The van der Waals surface area contributed by atoms with Crippen LogP contribution in [0.1, 0.15) is 0 Å². The Balaban J connectivity index is 1.14. The number of rotatable bonds is 4. The molecule has 0 bridgehead atoms. The van der Waals surface area contributed by atoms with Gasteiger partial charge in [0.25, 0.3) is 0 Å². The number of pyridine rings is 1. The van der Waals surface area contributed by atoms with Crippen molar-refractivity contribution in [1.29, 1.82) is 0 Å². The highest BCUT2D eigenvalue weighted by Gasteiger charge is 2.21. The highest BCUT2D eigenvalue weighted by atomic mass is 32.1. The minimum atomic E-state index is 0.636. The number of fused-ring (bicyclic) bond motifs is 12. The third-order valence-electron chi connectivity index (χ3n) is 11.7. The Morgan fingerprint density at radius 1 is 0.356 bits per heavy atom. The molecule has 59 heavy (non-hydrogen) atoms. The van der Waals surface area contributed by atoms with Gasteiger partial charge in [-0.05, 0) is 66.2 Å². The molecule has 0 aliphatic heterocycles. The van der Waals surface area contributed by atoms with Gasteiger partial charge < -0.3 is 8.83 Å². The van der Waals surface area contributed by atoms with Crippen molar-refractivity contribution in [3.63, 3.8) is 0 Å². The first-order chi connectivity index (χ1) is 29.2. The van der Waals surface area contributed by atoms with Crippen LogP contribution in [0, 0.1) is 0 Å². The second kappa shape index (κ2) is 12.4. The van der Waals surface area contributed by atoms with E-state index in [1.54, 1.807) is 0 Å². The molecule has 13 rings (SSSR count). The number of hydrogen-bond donors (Lipinski definition) is 0. The summed E-state index contributed by atoms with van der Waals surface area (Å²) in [5.41, 5.74) is 11.7. The molecule has 0 spiro atoms. The summed E-state index contributed by atoms with van der Waals surface area (Å²) in [6, 6.07) is 61.3. The van der Waals surface area contributed by atoms with Crippen LogP contribution in [0.4, 0.5) is 0 Å². The largest absolute Gasteiger partial charge is 0.456 e. The Hall–Kier alpha value is -7.67. The lowest BCUT2D eigenvalue weighted by atomic mass is 9.94. The fourth-order valence-electron chi connectivity index (χ4n) is 8.90. The second-order valence-corrected chi connectivity index (χ2v) is 16.2. The molecule has 0 atom stereocenters. The number of para-hydroxylation sites is 3. The zero-order chi connectivity index (χ0) is 38.6. The molecule has 0 amide bonds. The van der Waals surface area contributed by atoms with Gasteiger partial charge in [0.05, 0.1) is 16.9 Å². The molecule has 13 aromatic rings. The number of benzene rings is 8. The zero-order valence-corrected chi connectivity index (χ0v) is 32.1. The van der Waals surface area contributed by atoms with Crippen LogP contribution in [-0.4, -0.2) is 15.0 Å². The van der Waals surface area contributed by atoms with E-state index < -0.39 is 0 Å². The number of furan rings is 2. The molecule has 0 fully saturated rings. The maximum atomic E-state index is 6.68. The second-order valence-electron chi connectivity index (χ2n) is 15.1. The van der Waals surface area contributed by atoms with Crippen molar-refractivity contribution in [2.45, 2.75) is 0 Å². The normalized spacial score (nSPS) is 12.1. The molecule has 0 unspecified atom stereocenters. The highest BCUT2D eigenvalue weighted by Crippen LogP contribution is 2.44. The van der Waals surface area contributed by atoms with Crippen molar-refractivity contribution >= 4 is 97.2 Å². The van der Waals surface area contributed by atoms with E-state index in [0.717, 1.165) is 105 Å². The van der Waals surface area contributed by atoms with Crippen LogP contribution in [0.3, 0.4) is 0 Å². The van der Waals surface area contributed by atoms with Crippen molar-refractivity contribution in [3.05, 3.63) is 176 Å². The van der Waals surface area contributed by atoms with Gasteiger partial charge in [-0.2, -0.15) is 0 Å². The lowest BCUT2D eigenvalue weighted by molar-refractivity contribution is 0.669. The Morgan fingerprint density at radius 2 is 1.02 bits per heavy atom. The van der Waals surface area contributed by atoms with Crippen LogP contribution in [0.15, 0.2) is 185 Å². The summed E-state index contributed by atoms with van der Waals surface area (Å²) < 4.78 is 15.4. The van der Waals surface area contributed by atoms with Crippen molar-refractivity contribution in [1.82, 2.24) is 15.0 Å². The van der Waals surface area contributed by atoms with Gasteiger partial charge in [-0.25, -0.2) is 15.0 Å². The molecule has 6 heteroatoms. The maximum absolute atomic E-state index is 6.68. The SMILES string of the molecule is c1ccc(-c2nc(-c3ccc4oc5ccccc5c4c3)c3ccc4c(-c5cccc6c5oc5ccccc56)cc(-c5ccc6sc7ccccc7c6c5)nc4c3n2)cc1. The van der Waals surface area contributed by atoms with Crippen molar-refractivity contribution in [2.75, 3.05) is 0 Å². The van der Waals surface area contributed by atoms with Gasteiger partial charge in [0.15, 0.2) is 5.82 Å². The minimum absolute atomic E-state index is 0.636. The van der Waals surface area contributed by atoms with Crippen LogP contribution in [0.5, 0.6) is 0 Å². The lowest BCUT2D eigenvalue weighted by Crippen LogP contribution is -1.98. The summed E-state index contributed by atoms with van der Waals surface area (Å²) in [5, 5.41) is 8.66. The van der Waals surface area contributed by atoms with Crippen LogP contribution in [0.25, 0.3) is 131 Å². The highest BCUT2D eigenvalue weighted by molar-refractivity contribution is 7.25. The van der Waals surface area contributed by atoms with E-state index in [2.05, 4.69) is 133 Å². The number of thiophene rings is 1. The predicted molar refractivity (Wildman–Crippen MR) is 244 cm³/mol. The Morgan fingerprint density at radius 3 is 1.90 bits per heavy atom. The summed E-state index contributed by atoms with van der Waals surface area (Å²) in [6.45, 7) is 0. The van der Waals surface area contributed by atoms with E-state index in [0.29, 0.717) is 5.82 Å². The average Bonchev–Trinajstić information content (AvgIpc) is 3.99. The maximum Gasteiger partial charge on any atom is 0.160 e. The molecule has 0 N–H and O–H groups in total. The average molecular weight is 772 g/mol. The molecule has 5 heterocycles. The van der Waals surface area contributed by atoms with Gasteiger partial charge in [0, 0.05) is 74.7 Å². The summed E-state index contributed by atoms with van der Waals surface area (Å²) in [4.78, 5) is 16.3. The van der Waals surface area contributed by atoms with Gasteiger partial charge in [-0.15, -0.1) is 11.3 Å². The monoisotopic (exact) mass is 771 g/mol. The van der Waals surface area contributed by atoms with E-state index in [9.17, 15) is 0 Å². The van der Waals surface area contributed by atoms with Crippen LogP contribution < -0.4 is 0 Å². The Bertz CT molecular complexity index is 3860. The Kier molecular flexibility index (Phi) is 6.82. The van der Waals surface area contributed by atoms with Crippen LogP contribution in [0.2, 0.25) is 0 Å². The van der Waals surface area contributed by atoms with Crippen LogP contribution in [-0.2, 0) is 0 Å². The smallest absolute Gasteiger partial charge is 0.160 e. The summed E-state index contributed by atoms with van der Waals surface area (Å²) in [5.74, 6) is 0.636. The van der Waals surface area contributed by atoms with E-state index in [4.69, 9.17) is 23.8 Å². The molecule has 0 aliphatic carbocycles. The molecular formula is C53H29N3O2S. The first-order valence-electron chi connectivity index (χ1n) is 19.7. The summed E-state index contributed by atoms with van der Waals surface area (Å²) in [6.07, 6.45) is 0. The van der Waals surface area contributed by atoms with Gasteiger partial charge >= 0.3 is 0 Å². The van der Waals surface area contributed by atoms with E-state index >= 15 is 0 Å². The first kappa shape index (κ1) is 32.4. The van der Waals surface area contributed by atoms with Gasteiger partial charge in [0.2, 0.25) is 0 Å². The van der Waals surface area contributed by atoms with E-state index in [-0.39, 0.29) is 0 Å². The van der Waals surface area contributed by atoms with Gasteiger partial charge in [0.1, 0.15) is 27.8 Å². The number of aromatic nitrogens is 3.